The van der Waals surface area contributed by atoms with Crippen molar-refractivity contribution in [2.45, 2.75) is 32.2 Å². The predicted octanol–water partition coefficient (Wildman–Crippen LogP) is 2.20. The summed E-state index contributed by atoms with van der Waals surface area (Å²) in [7, 11) is 0. The summed E-state index contributed by atoms with van der Waals surface area (Å²) in [5.74, 6) is -0.759. The van der Waals surface area contributed by atoms with Crippen LogP contribution in [-0.4, -0.2) is 11.9 Å². The van der Waals surface area contributed by atoms with E-state index in [1.165, 1.54) is 6.07 Å². The van der Waals surface area contributed by atoms with Crippen molar-refractivity contribution in [3.8, 4) is 0 Å². The van der Waals surface area contributed by atoms with Gasteiger partial charge in [-0.1, -0.05) is 12.5 Å². The highest BCUT2D eigenvalue weighted by Gasteiger charge is 2.30. The van der Waals surface area contributed by atoms with Gasteiger partial charge in [0.25, 0.3) is 0 Å². The van der Waals surface area contributed by atoms with Gasteiger partial charge in [0.15, 0.2) is 0 Å². The lowest BCUT2D eigenvalue weighted by molar-refractivity contribution is -0.120. The molecule has 1 aromatic carbocycles. The first kappa shape index (κ1) is 12.0. The summed E-state index contributed by atoms with van der Waals surface area (Å²) in [5, 5.41) is 2.63. The molecular weight excluding hydrogens is 219 g/mol. The fourth-order valence-corrected chi connectivity index (χ4v) is 2.27. The maximum Gasteiger partial charge on any atom is 0.229 e. The van der Waals surface area contributed by atoms with E-state index >= 15 is 0 Å². The molecule has 0 bridgehead atoms. The highest BCUT2D eigenvalue weighted by atomic mass is 19.1. The molecule has 4 heteroatoms. The van der Waals surface area contributed by atoms with E-state index in [1.807, 2.05) is 6.92 Å². The summed E-state index contributed by atoms with van der Waals surface area (Å²) >= 11 is 0. The average molecular weight is 236 g/mol. The van der Waals surface area contributed by atoms with Crippen molar-refractivity contribution >= 4 is 11.6 Å². The number of hydrogen-bond donors (Lipinski definition) is 2. The van der Waals surface area contributed by atoms with Crippen molar-refractivity contribution in [2.75, 3.05) is 5.32 Å². The number of carbonyl (C=O) groups excluding carboxylic acids is 1. The number of rotatable bonds is 2. The minimum atomic E-state index is -0.407. The van der Waals surface area contributed by atoms with Crippen LogP contribution in [-0.2, 0) is 4.79 Å². The van der Waals surface area contributed by atoms with Crippen LogP contribution in [0, 0.1) is 18.7 Å². The maximum atomic E-state index is 13.5. The van der Waals surface area contributed by atoms with Gasteiger partial charge in [0.2, 0.25) is 5.91 Å². The van der Waals surface area contributed by atoms with Gasteiger partial charge in [-0.25, -0.2) is 4.39 Å². The Hall–Kier alpha value is -1.42. The number of aryl methyl sites for hydroxylation is 1. The Labute approximate surface area is 100 Å². The number of carbonyl (C=O) groups is 1. The molecule has 92 valence electrons. The summed E-state index contributed by atoms with van der Waals surface area (Å²) in [6.45, 7) is 1.86. The van der Waals surface area contributed by atoms with Gasteiger partial charge in [0.1, 0.15) is 5.82 Å². The average Bonchev–Trinajstić information content (AvgIpc) is 2.70. The molecule has 0 heterocycles. The van der Waals surface area contributed by atoms with Crippen molar-refractivity contribution in [2.24, 2.45) is 11.7 Å². The van der Waals surface area contributed by atoms with Gasteiger partial charge >= 0.3 is 0 Å². The van der Waals surface area contributed by atoms with Crippen LogP contribution in [0.15, 0.2) is 18.2 Å². The van der Waals surface area contributed by atoms with Gasteiger partial charge in [0, 0.05) is 6.04 Å². The Morgan fingerprint density at radius 3 is 2.88 bits per heavy atom. The topological polar surface area (TPSA) is 55.1 Å². The second-order valence-corrected chi connectivity index (χ2v) is 4.67. The van der Waals surface area contributed by atoms with Crippen LogP contribution >= 0.6 is 0 Å². The fourth-order valence-electron chi connectivity index (χ4n) is 2.27. The summed E-state index contributed by atoms with van der Waals surface area (Å²) in [5.41, 5.74) is 7.01. The molecule has 2 atom stereocenters. The zero-order valence-corrected chi connectivity index (χ0v) is 9.87. The fraction of sp³-hybridized carbons (Fsp3) is 0.462. The molecule has 1 aliphatic rings. The monoisotopic (exact) mass is 236 g/mol. The second kappa shape index (κ2) is 4.84. The molecule has 2 unspecified atom stereocenters. The molecule has 1 amide bonds. The van der Waals surface area contributed by atoms with Crippen LogP contribution in [0.2, 0.25) is 0 Å². The van der Waals surface area contributed by atoms with Gasteiger partial charge in [0.05, 0.1) is 11.6 Å². The molecule has 17 heavy (non-hydrogen) atoms. The number of halogens is 1. The van der Waals surface area contributed by atoms with E-state index in [0.29, 0.717) is 0 Å². The zero-order chi connectivity index (χ0) is 12.4. The van der Waals surface area contributed by atoms with E-state index in [0.717, 1.165) is 24.8 Å². The quantitative estimate of drug-likeness (QED) is 0.827. The first-order chi connectivity index (χ1) is 8.08. The van der Waals surface area contributed by atoms with E-state index in [4.69, 9.17) is 5.73 Å². The molecule has 1 aliphatic carbocycles. The summed E-state index contributed by atoms with van der Waals surface area (Å²) in [6.07, 6.45) is 2.63. The van der Waals surface area contributed by atoms with Crippen LogP contribution < -0.4 is 11.1 Å². The van der Waals surface area contributed by atoms with Crippen LogP contribution in [0.5, 0.6) is 0 Å². The Kier molecular flexibility index (Phi) is 3.43. The largest absolute Gasteiger partial charge is 0.327 e. The van der Waals surface area contributed by atoms with Crippen LogP contribution in [0.4, 0.5) is 10.1 Å². The molecule has 0 spiro atoms. The summed E-state index contributed by atoms with van der Waals surface area (Å²) in [6, 6.07) is 4.57. The first-order valence-corrected chi connectivity index (χ1v) is 5.90. The van der Waals surface area contributed by atoms with Crippen molar-refractivity contribution in [3.05, 3.63) is 29.6 Å². The van der Waals surface area contributed by atoms with E-state index < -0.39 is 5.82 Å². The SMILES string of the molecule is Cc1ccc(F)c(NC(=O)C2CCCC2N)c1. The Balaban J connectivity index is 2.10. The normalized spacial score (nSPS) is 23.7. The third kappa shape index (κ3) is 2.64. The number of anilines is 1. The lowest BCUT2D eigenvalue weighted by Gasteiger charge is -2.15. The van der Waals surface area contributed by atoms with Gasteiger partial charge in [-0.2, -0.15) is 0 Å². The lowest BCUT2D eigenvalue weighted by Crippen LogP contribution is -2.34. The van der Waals surface area contributed by atoms with Gasteiger partial charge in [-0.15, -0.1) is 0 Å². The number of hydrogen-bond acceptors (Lipinski definition) is 2. The first-order valence-electron chi connectivity index (χ1n) is 5.90. The van der Waals surface area contributed by atoms with E-state index in [2.05, 4.69) is 5.32 Å². The number of benzene rings is 1. The molecule has 0 aromatic heterocycles. The van der Waals surface area contributed by atoms with E-state index in [9.17, 15) is 9.18 Å². The highest BCUT2D eigenvalue weighted by Crippen LogP contribution is 2.26. The lowest BCUT2D eigenvalue weighted by atomic mass is 10.0. The third-order valence-corrected chi connectivity index (χ3v) is 3.29. The molecule has 1 saturated carbocycles. The van der Waals surface area contributed by atoms with E-state index in [1.54, 1.807) is 12.1 Å². The minimum Gasteiger partial charge on any atom is -0.327 e. The Morgan fingerprint density at radius 1 is 1.47 bits per heavy atom. The van der Waals surface area contributed by atoms with Crippen LogP contribution in [0.25, 0.3) is 0 Å². The number of amides is 1. The van der Waals surface area contributed by atoms with Crippen molar-refractivity contribution in [1.29, 1.82) is 0 Å². The molecule has 3 N–H and O–H groups in total. The second-order valence-electron chi connectivity index (χ2n) is 4.67. The molecule has 0 radical (unpaired) electrons. The molecule has 3 nitrogen and oxygen atoms in total. The molecule has 1 aromatic rings. The van der Waals surface area contributed by atoms with Crippen LogP contribution in [0.3, 0.4) is 0 Å². The minimum absolute atomic E-state index is 0.0946. The van der Waals surface area contributed by atoms with Gasteiger partial charge in [-0.3, -0.25) is 4.79 Å². The summed E-state index contributed by atoms with van der Waals surface area (Å²) in [4.78, 5) is 11.9. The zero-order valence-electron chi connectivity index (χ0n) is 9.87. The third-order valence-electron chi connectivity index (χ3n) is 3.29. The standard InChI is InChI=1S/C13H17FN2O/c1-8-5-6-10(14)12(7-8)16-13(17)9-3-2-4-11(9)15/h5-7,9,11H,2-4,15H2,1H3,(H,16,17). The van der Waals surface area contributed by atoms with Gasteiger partial charge < -0.3 is 11.1 Å². The van der Waals surface area contributed by atoms with Crippen molar-refractivity contribution in [1.82, 2.24) is 0 Å². The van der Waals surface area contributed by atoms with Crippen molar-refractivity contribution < 1.29 is 9.18 Å². The Morgan fingerprint density at radius 2 is 2.24 bits per heavy atom. The van der Waals surface area contributed by atoms with Gasteiger partial charge in [-0.05, 0) is 37.5 Å². The predicted molar refractivity (Wildman–Crippen MR) is 65.1 cm³/mol. The van der Waals surface area contributed by atoms with Crippen LogP contribution in [0.1, 0.15) is 24.8 Å². The molecule has 0 saturated heterocycles. The molecule has 2 rings (SSSR count). The number of nitrogens with one attached hydrogen (secondary N) is 1. The Bertz CT molecular complexity index is 433. The van der Waals surface area contributed by atoms with E-state index in [-0.39, 0.29) is 23.6 Å². The van der Waals surface area contributed by atoms with Crippen molar-refractivity contribution in [3.63, 3.8) is 0 Å². The molecule has 0 aliphatic heterocycles. The smallest absolute Gasteiger partial charge is 0.229 e. The number of nitrogens with two attached hydrogens (primary N) is 1. The molecular formula is C13H17FN2O. The highest BCUT2D eigenvalue weighted by molar-refractivity contribution is 5.93. The maximum absolute atomic E-state index is 13.5. The summed E-state index contributed by atoms with van der Waals surface area (Å²) < 4.78 is 13.5. The molecule has 1 fully saturated rings.